The van der Waals surface area contributed by atoms with E-state index in [-0.39, 0.29) is 5.91 Å². The number of hydrogen-bond acceptors (Lipinski definition) is 3. The summed E-state index contributed by atoms with van der Waals surface area (Å²) in [6.45, 7) is 5.70. The van der Waals surface area contributed by atoms with Gasteiger partial charge in [0.25, 0.3) is 0 Å². The number of aromatic nitrogens is 2. The number of aryl methyl sites for hydroxylation is 2. The molecule has 5 heteroatoms. The molecule has 0 aliphatic rings. The van der Waals surface area contributed by atoms with Crippen LogP contribution in [0, 0.1) is 13.8 Å². The van der Waals surface area contributed by atoms with Gasteiger partial charge in [-0.1, -0.05) is 0 Å². The smallest absolute Gasteiger partial charge is 0.241 e. The molecule has 5 nitrogen and oxygen atoms in total. The molecule has 16 heavy (non-hydrogen) atoms. The van der Waals surface area contributed by atoms with E-state index in [4.69, 9.17) is 0 Å². The maximum absolute atomic E-state index is 11.6. The van der Waals surface area contributed by atoms with Crippen LogP contribution in [0.25, 0.3) is 0 Å². The van der Waals surface area contributed by atoms with Crippen molar-refractivity contribution in [1.82, 2.24) is 20.0 Å². The molecule has 0 fully saturated rings. The van der Waals surface area contributed by atoms with Crippen molar-refractivity contribution in [2.24, 2.45) is 0 Å². The average molecular weight is 224 g/mol. The maximum Gasteiger partial charge on any atom is 0.241 e. The fraction of sp³-hybridized carbons (Fsp3) is 0.636. The van der Waals surface area contributed by atoms with Crippen LogP contribution >= 0.6 is 0 Å². The number of nitrogens with zero attached hydrogens (tertiary/aromatic N) is 3. The van der Waals surface area contributed by atoms with Crippen molar-refractivity contribution in [3.63, 3.8) is 0 Å². The van der Waals surface area contributed by atoms with Crippen LogP contribution in [0.2, 0.25) is 0 Å². The zero-order chi connectivity index (χ0) is 12.1. The first-order chi connectivity index (χ1) is 7.49. The highest BCUT2D eigenvalue weighted by molar-refractivity contribution is 5.75. The van der Waals surface area contributed by atoms with Gasteiger partial charge in [-0.3, -0.25) is 9.48 Å². The van der Waals surface area contributed by atoms with E-state index in [2.05, 4.69) is 10.4 Å². The Balaban J connectivity index is 2.37. The second-order valence-electron chi connectivity index (χ2n) is 4.24. The van der Waals surface area contributed by atoms with Gasteiger partial charge in [0.2, 0.25) is 5.91 Å². The Bertz CT molecular complexity index is 357. The quantitative estimate of drug-likeness (QED) is 0.776. The Hall–Kier alpha value is -1.36. The van der Waals surface area contributed by atoms with Crippen LogP contribution in [0.15, 0.2) is 6.07 Å². The minimum absolute atomic E-state index is 0.00745. The van der Waals surface area contributed by atoms with Gasteiger partial charge in [0, 0.05) is 18.8 Å². The minimum Gasteiger partial charge on any atom is -0.353 e. The topological polar surface area (TPSA) is 50.2 Å². The molecule has 0 aliphatic heterocycles. The van der Waals surface area contributed by atoms with E-state index in [0.29, 0.717) is 13.1 Å². The largest absolute Gasteiger partial charge is 0.353 e. The number of carbonyl (C=O) groups excluding carboxylic acids is 1. The molecular formula is C11H20N4O. The number of carbonyl (C=O) groups is 1. The molecule has 0 radical (unpaired) electrons. The summed E-state index contributed by atoms with van der Waals surface area (Å²) in [5, 5.41) is 7.10. The van der Waals surface area contributed by atoms with Gasteiger partial charge in [0.05, 0.1) is 5.69 Å². The van der Waals surface area contributed by atoms with Gasteiger partial charge in [0.15, 0.2) is 0 Å². The molecule has 1 N–H and O–H groups in total. The number of amides is 1. The summed E-state index contributed by atoms with van der Waals surface area (Å²) in [5.41, 5.74) is 1.96. The molecule has 0 saturated carbocycles. The number of nitrogens with one attached hydrogen (secondary N) is 1. The monoisotopic (exact) mass is 224 g/mol. The first kappa shape index (κ1) is 12.7. The highest BCUT2D eigenvalue weighted by Crippen LogP contribution is 2.00. The molecule has 0 aliphatic carbocycles. The normalized spacial score (nSPS) is 10.8. The van der Waals surface area contributed by atoms with Gasteiger partial charge in [-0.05, 0) is 34.0 Å². The lowest BCUT2D eigenvalue weighted by atomic mass is 10.4. The molecule has 1 heterocycles. The summed E-state index contributed by atoms with van der Waals surface area (Å²) < 4.78 is 1.72. The van der Waals surface area contributed by atoms with E-state index in [9.17, 15) is 4.79 Å². The highest BCUT2D eigenvalue weighted by Gasteiger charge is 2.06. The fourth-order valence-electron chi connectivity index (χ4n) is 1.45. The molecule has 1 aromatic heterocycles. The van der Waals surface area contributed by atoms with E-state index in [1.807, 2.05) is 38.9 Å². The zero-order valence-electron chi connectivity index (χ0n) is 10.4. The Morgan fingerprint density at radius 2 is 2.19 bits per heavy atom. The molecule has 0 atom stereocenters. The van der Waals surface area contributed by atoms with Crippen LogP contribution in [-0.4, -0.2) is 47.8 Å². The molecule has 0 saturated heterocycles. The van der Waals surface area contributed by atoms with E-state index in [1.54, 1.807) is 4.68 Å². The van der Waals surface area contributed by atoms with Crippen molar-refractivity contribution >= 4 is 5.91 Å². The molecule has 1 rings (SSSR count). The van der Waals surface area contributed by atoms with Crippen molar-refractivity contribution in [3.8, 4) is 0 Å². The predicted octanol–water partition coefficient (Wildman–Crippen LogP) is 0.178. The van der Waals surface area contributed by atoms with Crippen molar-refractivity contribution in [1.29, 1.82) is 0 Å². The summed E-state index contributed by atoms with van der Waals surface area (Å²) in [5.74, 6) is 0.00745. The Labute approximate surface area is 96.4 Å². The van der Waals surface area contributed by atoms with Crippen LogP contribution in [0.3, 0.4) is 0 Å². The van der Waals surface area contributed by atoms with E-state index in [0.717, 1.165) is 17.9 Å². The minimum atomic E-state index is 0.00745. The number of likely N-dealkylation sites (N-methyl/N-ethyl adjacent to an activating group) is 1. The van der Waals surface area contributed by atoms with Crippen molar-refractivity contribution in [2.45, 2.75) is 20.4 Å². The lowest BCUT2D eigenvalue weighted by molar-refractivity contribution is -0.121. The molecule has 0 spiro atoms. The van der Waals surface area contributed by atoms with Crippen LogP contribution < -0.4 is 5.32 Å². The van der Waals surface area contributed by atoms with E-state index >= 15 is 0 Å². The number of hydrogen-bond donors (Lipinski definition) is 1. The van der Waals surface area contributed by atoms with Gasteiger partial charge in [-0.25, -0.2) is 0 Å². The summed E-state index contributed by atoms with van der Waals surface area (Å²) in [6, 6.07) is 1.97. The molecule has 90 valence electrons. The van der Waals surface area contributed by atoms with Crippen LogP contribution in [0.4, 0.5) is 0 Å². The Morgan fingerprint density at radius 1 is 1.50 bits per heavy atom. The third kappa shape index (κ3) is 4.02. The van der Waals surface area contributed by atoms with E-state index < -0.39 is 0 Å². The molecule has 1 amide bonds. The summed E-state index contributed by atoms with van der Waals surface area (Å²) >= 11 is 0. The fourth-order valence-corrected chi connectivity index (χ4v) is 1.45. The number of rotatable bonds is 5. The van der Waals surface area contributed by atoms with Gasteiger partial charge < -0.3 is 10.2 Å². The molecule has 0 bridgehead atoms. The van der Waals surface area contributed by atoms with Crippen molar-refractivity contribution < 1.29 is 4.79 Å². The summed E-state index contributed by atoms with van der Waals surface area (Å²) in [6.07, 6.45) is 0. The summed E-state index contributed by atoms with van der Waals surface area (Å²) in [7, 11) is 3.96. The highest BCUT2D eigenvalue weighted by atomic mass is 16.2. The molecular weight excluding hydrogens is 204 g/mol. The van der Waals surface area contributed by atoms with Crippen molar-refractivity contribution in [3.05, 3.63) is 17.5 Å². The third-order valence-electron chi connectivity index (χ3n) is 2.28. The Kier molecular flexibility index (Phi) is 4.49. The second kappa shape index (κ2) is 5.65. The first-order valence-electron chi connectivity index (χ1n) is 5.41. The van der Waals surface area contributed by atoms with Crippen LogP contribution in [-0.2, 0) is 11.3 Å². The first-order valence-corrected chi connectivity index (χ1v) is 5.41. The summed E-state index contributed by atoms with van der Waals surface area (Å²) in [4.78, 5) is 13.6. The average Bonchev–Trinajstić information content (AvgIpc) is 2.44. The van der Waals surface area contributed by atoms with Gasteiger partial charge in [-0.15, -0.1) is 0 Å². The van der Waals surface area contributed by atoms with Crippen molar-refractivity contribution in [2.75, 3.05) is 27.2 Å². The second-order valence-corrected chi connectivity index (χ2v) is 4.24. The Morgan fingerprint density at radius 3 is 2.69 bits per heavy atom. The molecule has 1 aromatic rings. The predicted molar refractivity (Wildman–Crippen MR) is 63.3 cm³/mol. The van der Waals surface area contributed by atoms with Crippen LogP contribution in [0.1, 0.15) is 11.4 Å². The lowest BCUT2D eigenvalue weighted by Gasteiger charge is -2.10. The molecule has 0 unspecified atom stereocenters. The zero-order valence-corrected chi connectivity index (χ0v) is 10.4. The third-order valence-corrected chi connectivity index (χ3v) is 2.28. The molecule has 0 aromatic carbocycles. The maximum atomic E-state index is 11.6. The van der Waals surface area contributed by atoms with Gasteiger partial charge >= 0.3 is 0 Å². The standard InChI is InChI=1S/C11H20N4O/c1-9-7-10(2)15(13-9)8-11(16)12-5-6-14(3)4/h7H,5-6,8H2,1-4H3,(H,12,16). The SMILES string of the molecule is Cc1cc(C)n(CC(=O)NCCN(C)C)n1. The lowest BCUT2D eigenvalue weighted by Crippen LogP contribution is -2.34. The van der Waals surface area contributed by atoms with E-state index in [1.165, 1.54) is 0 Å². The van der Waals surface area contributed by atoms with Crippen LogP contribution in [0.5, 0.6) is 0 Å². The van der Waals surface area contributed by atoms with Gasteiger partial charge in [-0.2, -0.15) is 5.10 Å². The van der Waals surface area contributed by atoms with Gasteiger partial charge in [0.1, 0.15) is 6.54 Å².